The van der Waals surface area contributed by atoms with Crippen molar-refractivity contribution in [3.8, 4) is 5.75 Å². The van der Waals surface area contributed by atoms with Crippen molar-refractivity contribution in [1.29, 1.82) is 0 Å². The summed E-state index contributed by atoms with van der Waals surface area (Å²) >= 11 is 6.29. The van der Waals surface area contributed by atoms with E-state index in [2.05, 4.69) is 36.3 Å². The topological polar surface area (TPSA) is 34.1 Å². The van der Waals surface area contributed by atoms with Crippen LogP contribution in [-0.2, 0) is 6.42 Å². The highest BCUT2D eigenvalue weighted by Gasteiger charge is 2.17. The zero-order valence-electron chi connectivity index (χ0n) is 12.7. The summed E-state index contributed by atoms with van der Waals surface area (Å²) in [4.78, 5) is 4.44. The second-order valence-electron chi connectivity index (χ2n) is 5.00. The average molecular weight is 305 g/mol. The number of aryl methyl sites for hydroxylation is 1. The molecule has 1 N–H and O–H groups in total. The molecule has 0 saturated heterocycles. The van der Waals surface area contributed by atoms with Gasteiger partial charge in [-0.15, -0.1) is 0 Å². The van der Waals surface area contributed by atoms with E-state index in [9.17, 15) is 0 Å². The van der Waals surface area contributed by atoms with Crippen LogP contribution in [0.4, 0.5) is 0 Å². The lowest BCUT2D eigenvalue weighted by atomic mass is 10.00. The maximum Gasteiger partial charge on any atom is 0.122 e. The fourth-order valence-corrected chi connectivity index (χ4v) is 2.71. The Morgan fingerprint density at radius 3 is 2.81 bits per heavy atom. The lowest BCUT2D eigenvalue weighted by Crippen LogP contribution is -2.24. The minimum atomic E-state index is 0.0689. The molecule has 0 bridgehead atoms. The van der Waals surface area contributed by atoms with Gasteiger partial charge in [0.15, 0.2) is 0 Å². The number of benzene rings is 1. The van der Waals surface area contributed by atoms with Crippen molar-refractivity contribution in [2.75, 3.05) is 13.7 Å². The molecule has 2 rings (SSSR count). The number of likely N-dealkylation sites (N-methyl/N-ethyl adjacent to an activating group) is 1. The smallest absolute Gasteiger partial charge is 0.122 e. The molecule has 0 radical (unpaired) electrons. The Hall–Kier alpha value is -1.58. The van der Waals surface area contributed by atoms with Gasteiger partial charge in [-0.2, -0.15) is 0 Å². The molecule has 0 aliphatic heterocycles. The van der Waals surface area contributed by atoms with Crippen molar-refractivity contribution in [3.05, 3.63) is 58.4 Å². The molecule has 1 heterocycles. The van der Waals surface area contributed by atoms with Crippen LogP contribution in [0, 0.1) is 6.92 Å². The van der Waals surface area contributed by atoms with Gasteiger partial charge in [0.05, 0.1) is 23.9 Å². The molecule has 4 heteroatoms. The number of nitrogens with one attached hydrogen (secondary N) is 1. The quantitative estimate of drug-likeness (QED) is 0.877. The number of rotatable bonds is 6. The third-order valence-corrected chi connectivity index (χ3v) is 3.75. The van der Waals surface area contributed by atoms with Gasteiger partial charge in [-0.05, 0) is 43.7 Å². The minimum Gasteiger partial charge on any atom is -0.496 e. The highest BCUT2D eigenvalue weighted by molar-refractivity contribution is 6.31. The van der Waals surface area contributed by atoms with E-state index in [0.717, 1.165) is 30.0 Å². The third kappa shape index (κ3) is 3.96. The van der Waals surface area contributed by atoms with Crippen LogP contribution in [0.1, 0.15) is 29.8 Å². The van der Waals surface area contributed by atoms with Crippen LogP contribution < -0.4 is 10.1 Å². The summed E-state index contributed by atoms with van der Waals surface area (Å²) in [5.41, 5.74) is 3.25. The van der Waals surface area contributed by atoms with Crippen molar-refractivity contribution in [1.82, 2.24) is 10.3 Å². The molecular formula is C17H21ClN2O. The number of pyridine rings is 1. The largest absolute Gasteiger partial charge is 0.496 e. The fourth-order valence-electron chi connectivity index (χ4n) is 2.45. The van der Waals surface area contributed by atoms with Gasteiger partial charge >= 0.3 is 0 Å². The molecule has 0 fully saturated rings. The summed E-state index contributed by atoms with van der Waals surface area (Å²) in [6.45, 7) is 5.02. The van der Waals surface area contributed by atoms with Crippen LogP contribution in [0.5, 0.6) is 5.75 Å². The predicted octanol–water partition coefficient (Wildman–Crippen LogP) is 3.95. The van der Waals surface area contributed by atoms with Crippen molar-refractivity contribution in [2.24, 2.45) is 0 Å². The average Bonchev–Trinajstić information content (AvgIpc) is 2.48. The van der Waals surface area contributed by atoms with Gasteiger partial charge in [0.1, 0.15) is 5.75 Å². The molecule has 3 nitrogen and oxygen atoms in total. The Kier molecular flexibility index (Phi) is 5.59. The normalized spacial score (nSPS) is 12.2. The maximum absolute atomic E-state index is 6.29. The molecule has 1 aromatic heterocycles. The molecule has 1 unspecified atom stereocenters. The van der Waals surface area contributed by atoms with Gasteiger partial charge in [-0.25, -0.2) is 0 Å². The van der Waals surface area contributed by atoms with E-state index >= 15 is 0 Å². The Balaban J connectivity index is 2.33. The van der Waals surface area contributed by atoms with Crippen molar-refractivity contribution >= 4 is 11.6 Å². The van der Waals surface area contributed by atoms with Crippen LogP contribution in [-0.4, -0.2) is 18.6 Å². The molecule has 0 amide bonds. The highest BCUT2D eigenvalue weighted by atomic mass is 35.5. The van der Waals surface area contributed by atoms with E-state index < -0.39 is 0 Å². The molecule has 0 aliphatic rings. The summed E-state index contributed by atoms with van der Waals surface area (Å²) in [5.74, 6) is 0.899. The second-order valence-corrected chi connectivity index (χ2v) is 5.41. The molecule has 0 aliphatic carbocycles. The highest BCUT2D eigenvalue weighted by Crippen LogP contribution is 2.28. The zero-order chi connectivity index (χ0) is 15.2. The van der Waals surface area contributed by atoms with E-state index in [4.69, 9.17) is 16.3 Å². The molecule has 0 spiro atoms. The van der Waals surface area contributed by atoms with Gasteiger partial charge in [0, 0.05) is 6.20 Å². The molecule has 1 aromatic carbocycles. The zero-order valence-corrected chi connectivity index (χ0v) is 13.4. The van der Waals surface area contributed by atoms with Crippen LogP contribution in [0.2, 0.25) is 5.02 Å². The van der Waals surface area contributed by atoms with Crippen LogP contribution in [0.25, 0.3) is 0 Å². The van der Waals surface area contributed by atoms with Crippen molar-refractivity contribution in [3.63, 3.8) is 0 Å². The summed E-state index contributed by atoms with van der Waals surface area (Å²) in [5, 5.41) is 4.15. The Labute approximate surface area is 131 Å². The van der Waals surface area contributed by atoms with Gasteiger partial charge in [0.2, 0.25) is 0 Å². The number of hydrogen-bond donors (Lipinski definition) is 1. The number of hydrogen-bond acceptors (Lipinski definition) is 3. The Bertz CT molecular complexity index is 601. The Morgan fingerprint density at radius 2 is 2.14 bits per heavy atom. The van der Waals surface area contributed by atoms with Crippen LogP contribution >= 0.6 is 11.6 Å². The lowest BCUT2D eigenvalue weighted by Gasteiger charge is -2.20. The number of methoxy groups -OCH3 is 1. The first-order chi connectivity index (χ1) is 10.2. The summed E-state index contributed by atoms with van der Waals surface area (Å²) in [6, 6.07) is 10.0. The summed E-state index contributed by atoms with van der Waals surface area (Å²) in [7, 11) is 1.70. The fraction of sp³-hybridized carbons (Fsp3) is 0.353. The number of nitrogens with zero attached hydrogens (tertiary/aromatic N) is 1. The van der Waals surface area contributed by atoms with Gasteiger partial charge < -0.3 is 10.1 Å². The van der Waals surface area contributed by atoms with Crippen LogP contribution in [0.15, 0.2) is 36.5 Å². The van der Waals surface area contributed by atoms with E-state index in [-0.39, 0.29) is 6.04 Å². The maximum atomic E-state index is 6.29. The SMILES string of the molecule is CCNC(Cc1cc(C)ccc1OC)c1ncccc1Cl. The number of aromatic nitrogens is 1. The predicted molar refractivity (Wildman–Crippen MR) is 87.1 cm³/mol. The standard InChI is InChI=1S/C17H21ClN2O/c1-4-19-15(17-14(18)6-5-9-20-17)11-13-10-12(2)7-8-16(13)21-3/h5-10,15,19H,4,11H2,1-3H3. The second kappa shape index (κ2) is 7.43. The Morgan fingerprint density at radius 1 is 1.33 bits per heavy atom. The molecule has 0 saturated carbocycles. The van der Waals surface area contributed by atoms with E-state index in [1.165, 1.54) is 5.56 Å². The third-order valence-electron chi connectivity index (χ3n) is 3.43. The molecular weight excluding hydrogens is 284 g/mol. The number of halogens is 1. The summed E-state index contributed by atoms with van der Waals surface area (Å²) < 4.78 is 5.46. The molecule has 1 atom stereocenters. The molecule has 2 aromatic rings. The minimum absolute atomic E-state index is 0.0689. The van der Waals surface area contributed by atoms with Gasteiger partial charge in [-0.3, -0.25) is 4.98 Å². The molecule has 21 heavy (non-hydrogen) atoms. The first-order valence-corrected chi connectivity index (χ1v) is 7.50. The van der Waals surface area contributed by atoms with Gasteiger partial charge in [-0.1, -0.05) is 36.2 Å². The molecule has 112 valence electrons. The monoisotopic (exact) mass is 304 g/mol. The van der Waals surface area contributed by atoms with Gasteiger partial charge in [0.25, 0.3) is 0 Å². The first-order valence-electron chi connectivity index (χ1n) is 7.13. The first kappa shape index (κ1) is 15.8. The summed E-state index contributed by atoms with van der Waals surface area (Å²) in [6.07, 6.45) is 2.56. The van der Waals surface area contributed by atoms with E-state index in [1.807, 2.05) is 18.2 Å². The van der Waals surface area contributed by atoms with E-state index in [0.29, 0.717) is 5.02 Å². The van der Waals surface area contributed by atoms with E-state index in [1.54, 1.807) is 13.3 Å². The number of ether oxygens (including phenoxy) is 1. The van der Waals surface area contributed by atoms with Crippen molar-refractivity contribution in [2.45, 2.75) is 26.3 Å². The van der Waals surface area contributed by atoms with Crippen LogP contribution in [0.3, 0.4) is 0 Å². The van der Waals surface area contributed by atoms with Crippen molar-refractivity contribution < 1.29 is 4.74 Å². The lowest BCUT2D eigenvalue weighted by molar-refractivity contribution is 0.405.